The Morgan fingerprint density at radius 2 is 1.88 bits per heavy atom. The first kappa shape index (κ1) is 26.6. The van der Waals surface area contributed by atoms with Crippen molar-refractivity contribution in [2.45, 2.75) is 57.7 Å². The number of hydrogen-bond acceptors (Lipinski definition) is 5. The van der Waals surface area contributed by atoms with Crippen LogP contribution in [0.3, 0.4) is 0 Å². The number of carbonyl (C=O) groups excluding carboxylic acids is 4. The molecule has 3 N–H and O–H groups in total. The molecule has 0 spiro atoms. The Morgan fingerprint density at radius 3 is 2.45 bits per heavy atom. The normalized spacial score (nSPS) is 17.4. The largest absolute Gasteiger partial charge is 0.481 e. The number of amides is 3. The molecule has 0 saturated carbocycles. The van der Waals surface area contributed by atoms with E-state index in [1.54, 1.807) is 32.0 Å². The molecule has 0 radical (unpaired) electrons. The first-order valence-corrected chi connectivity index (χ1v) is 11.3. The molecule has 180 valence electrons. The lowest BCUT2D eigenvalue weighted by Crippen LogP contribution is -2.56. The maximum Gasteiger partial charge on any atom is 0.305 e. The first-order valence-electron chi connectivity index (χ1n) is 10.5. The van der Waals surface area contributed by atoms with Gasteiger partial charge >= 0.3 is 5.97 Å². The van der Waals surface area contributed by atoms with Crippen LogP contribution in [0.25, 0.3) is 0 Å². The minimum atomic E-state index is -1.23. The molecule has 1 aromatic rings. The molecule has 1 aliphatic rings. The third-order valence-corrected chi connectivity index (χ3v) is 6.06. The van der Waals surface area contributed by atoms with Crippen LogP contribution in [-0.2, 0) is 30.4 Å². The van der Waals surface area contributed by atoms with E-state index in [2.05, 4.69) is 10.6 Å². The number of rotatable bonds is 10. The fourth-order valence-corrected chi connectivity index (χ4v) is 3.98. The first-order chi connectivity index (χ1) is 15.5. The number of nitrogens with zero attached hydrogens (tertiary/aromatic N) is 1. The van der Waals surface area contributed by atoms with Crippen molar-refractivity contribution in [3.8, 4) is 0 Å². The van der Waals surface area contributed by atoms with Gasteiger partial charge in [-0.3, -0.25) is 19.2 Å². The van der Waals surface area contributed by atoms with Crippen molar-refractivity contribution < 1.29 is 29.1 Å². The van der Waals surface area contributed by atoms with Crippen LogP contribution in [0.2, 0.25) is 10.0 Å². The molecular weight excluding hydrogens is 473 g/mol. The summed E-state index contributed by atoms with van der Waals surface area (Å²) in [6.45, 7) is 3.87. The molecule has 1 saturated heterocycles. The van der Waals surface area contributed by atoms with E-state index >= 15 is 0 Å². The molecule has 9 nitrogen and oxygen atoms in total. The molecule has 2 rings (SSSR count). The van der Waals surface area contributed by atoms with E-state index in [-0.39, 0.29) is 18.2 Å². The van der Waals surface area contributed by atoms with E-state index in [4.69, 9.17) is 28.3 Å². The zero-order valence-electron chi connectivity index (χ0n) is 18.3. The summed E-state index contributed by atoms with van der Waals surface area (Å²) in [6.07, 6.45) is 0.741. The van der Waals surface area contributed by atoms with Crippen molar-refractivity contribution in [3.63, 3.8) is 0 Å². The number of hydrogen-bond donors (Lipinski definition) is 3. The van der Waals surface area contributed by atoms with Gasteiger partial charge in [-0.1, -0.05) is 43.1 Å². The Bertz CT molecular complexity index is 923. The maximum absolute atomic E-state index is 13.3. The second-order valence-corrected chi connectivity index (χ2v) is 9.07. The van der Waals surface area contributed by atoms with Gasteiger partial charge in [-0.05, 0) is 36.5 Å². The number of benzene rings is 1. The zero-order chi connectivity index (χ0) is 24.7. The standard InChI is InChI=1S/C22H27Cl2N3O6/c1-12(2)20(26-18(29)9-13-5-6-15(23)16(24)8-13)22(33)27-7-3-4-17(27)21(32)25-14(11-28)10-19(30)31/h5-6,8,11-12,14,17,20H,3-4,7,9-10H2,1-2H3,(H,25,32)(H,26,29)(H,30,31)/t14-,17?,20-/m0/s1. The lowest BCUT2D eigenvalue weighted by molar-refractivity contribution is -0.143. The molecule has 1 unspecified atom stereocenters. The van der Waals surface area contributed by atoms with Crippen molar-refractivity contribution in [2.75, 3.05) is 6.54 Å². The summed E-state index contributed by atoms with van der Waals surface area (Å²) >= 11 is 11.9. The number of nitrogens with one attached hydrogen (secondary N) is 2. The fourth-order valence-electron chi connectivity index (χ4n) is 3.65. The van der Waals surface area contributed by atoms with E-state index in [9.17, 15) is 24.0 Å². The molecule has 0 aliphatic carbocycles. The topological polar surface area (TPSA) is 133 Å². The predicted octanol–water partition coefficient (Wildman–Crippen LogP) is 1.83. The highest BCUT2D eigenvalue weighted by Crippen LogP contribution is 2.23. The maximum atomic E-state index is 13.3. The summed E-state index contributed by atoms with van der Waals surface area (Å²) in [5, 5.41) is 14.7. The minimum absolute atomic E-state index is 0.00644. The lowest BCUT2D eigenvalue weighted by atomic mass is 10.0. The smallest absolute Gasteiger partial charge is 0.305 e. The molecule has 11 heteroatoms. The van der Waals surface area contributed by atoms with Crippen LogP contribution in [0, 0.1) is 5.92 Å². The van der Waals surface area contributed by atoms with Gasteiger partial charge < -0.3 is 25.4 Å². The summed E-state index contributed by atoms with van der Waals surface area (Å²) in [5.41, 5.74) is 0.633. The molecular formula is C22H27Cl2N3O6. The van der Waals surface area contributed by atoms with Gasteiger partial charge in [-0.2, -0.15) is 0 Å². The van der Waals surface area contributed by atoms with Gasteiger partial charge in [0.1, 0.15) is 18.4 Å². The van der Waals surface area contributed by atoms with Crippen LogP contribution in [0.5, 0.6) is 0 Å². The van der Waals surface area contributed by atoms with E-state index in [1.807, 2.05) is 0 Å². The van der Waals surface area contributed by atoms with Gasteiger partial charge in [0.25, 0.3) is 0 Å². The Labute approximate surface area is 201 Å². The highest BCUT2D eigenvalue weighted by Gasteiger charge is 2.39. The van der Waals surface area contributed by atoms with E-state index in [1.165, 1.54) is 4.90 Å². The molecule has 1 fully saturated rings. The lowest BCUT2D eigenvalue weighted by Gasteiger charge is -2.31. The Morgan fingerprint density at radius 1 is 1.18 bits per heavy atom. The molecule has 1 heterocycles. The molecule has 0 bridgehead atoms. The second-order valence-electron chi connectivity index (χ2n) is 8.25. The summed E-state index contributed by atoms with van der Waals surface area (Å²) < 4.78 is 0. The number of carboxylic acids is 1. The van der Waals surface area contributed by atoms with Crippen LogP contribution < -0.4 is 10.6 Å². The number of carboxylic acid groups (broad SMARTS) is 1. The quantitative estimate of drug-likeness (QED) is 0.420. The molecule has 33 heavy (non-hydrogen) atoms. The van der Waals surface area contributed by atoms with Gasteiger partial charge in [-0.15, -0.1) is 0 Å². The van der Waals surface area contributed by atoms with Gasteiger partial charge in [-0.25, -0.2) is 0 Å². The van der Waals surface area contributed by atoms with Crippen molar-refractivity contribution in [3.05, 3.63) is 33.8 Å². The Balaban J connectivity index is 2.07. The van der Waals surface area contributed by atoms with E-state index in [0.29, 0.717) is 41.3 Å². The van der Waals surface area contributed by atoms with Crippen LogP contribution in [-0.4, -0.2) is 64.7 Å². The molecule has 0 aromatic heterocycles. The monoisotopic (exact) mass is 499 g/mol. The third-order valence-electron chi connectivity index (χ3n) is 5.32. The fraction of sp³-hybridized carbons (Fsp3) is 0.500. The predicted molar refractivity (Wildman–Crippen MR) is 122 cm³/mol. The number of carbonyl (C=O) groups is 5. The minimum Gasteiger partial charge on any atom is -0.481 e. The van der Waals surface area contributed by atoms with E-state index in [0.717, 1.165) is 0 Å². The van der Waals surface area contributed by atoms with Gasteiger partial charge in [0, 0.05) is 6.54 Å². The SMILES string of the molecule is CC(C)[C@H](NC(=O)Cc1ccc(Cl)c(Cl)c1)C(=O)N1CCCC1C(=O)N[C@H](C=O)CC(=O)O. The summed E-state index contributed by atoms with van der Waals surface area (Å²) in [5.74, 6) is -2.87. The van der Waals surface area contributed by atoms with Crippen molar-refractivity contribution in [1.82, 2.24) is 15.5 Å². The highest BCUT2D eigenvalue weighted by atomic mass is 35.5. The average Bonchev–Trinajstić information content (AvgIpc) is 3.23. The molecule has 1 aliphatic heterocycles. The van der Waals surface area contributed by atoms with E-state index < -0.39 is 42.3 Å². The van der Waals surface area contributed by atoms with Crippen LogP contribution in [0.4, 0.5) is 0 Å². The summed E-state index contributed by atoms with van der Waals surface area (Å²) in [4.78, 5) is 61.8. The molecule has 3 atom stereocenters. The second kappa shape index (κ2) is 12.0. The van der Waals surface area contributed by atoms with Gasteiger partial charge in [0.2, 0.25) is 17.7 Å². The summed E-state index contributed by atoms with van der Waals surface area (Å²) in [7, 11) is 0. The van der Waals surface area contributed by atoms with Crippen LogP contribution in [0.1, 0.15) is 38.7 Å². The van der Waals surface area contributed by atoms with Crippen molar-refractivity contribution >= 4 is 53.2 Å². The molecule has 1 aromatic carbocycles. The number of likely N-dealkylation sites (tertiary alicyclic amines) is 1. The average molecular weight is 500 g/mol. The number of aliphatic carboxylic acids is 1. The third kappa shape index (κ3) is 7.43. The van der Waals surface area contributed by atoms with Gasteiger partial charge in [0.05, 0.1) is 28.9 Å². The zero-order valence-corrected chi connectivity index (χ0v) is 19.9. The number of aldehydes is 1. The number of halogens is 2. The van der Waals surface area contributed by atoms with Gasteiger partial charge in [0.15, 0.2) is 0 Å². The Kier molecular flexibility index (Phi) is 9.67. The van der Waals surface area contributed by atoms with Crippen LogP contribution in [0.15, 0.2) is 18.2 Å². The Hall–Kier alpha value is -2.65. The molecule has 3 amide bonds. The summed E-state index contributed by atoms with van der Waals surface area (Å²) in [6, 6.07) is 1.94. The van der Waals surface area contributed by atoms with Crippen LogP contribution >= 0.6 is 23.2 Å². The van der Waals surface area contributed by atoms with Crippen molar-refractivity contribution in [1.29, 1.82) is 0 Å². The highest BCUT2D eigenvalue weighted by molar-refractivity contribution is 6.42. The van der Waals surface area contributed by atoms with Crippen molar-refractivity contribution in [2.24, 2.45) is 5.92 Å².